The minimum absolute atomic E-state index is 0.0156. The van der Waals surface area contributed by atoms with Gasteiger partial charge in [0.1, 0.15) is 17.5 Å². The number of imide groups is 1. The van der Waals surface area contributed by atoms with E-state index in [1.807, 2.05) is 0 Å². The monoisotopic (exact) mass is 656 g/mol. The Hall–Kier alpha value is -3.95. The number of rotatable bonds is 6. The number of sulfonamides is 1. The van der Waals surface area contributed by atoms with Gasteiger partial charge in [-0.3, -0.25) is 23.7 Å². The molecule has 1 saturated heterocycles. The average molecular weight is 657 g/mol. The highest BCUT2D eigenvalue weighted by Gasteiger charge is 2.56. The lowest BCUT2D eigenvalue weighted by atomic mass is 9.83. The van der Waals surface area contributed by atoms with Crippen LogP contribution in [-0.4, -0.2) is 41.1 Å². The van der Waals surface area contributed by atoms with Crippen LogP contribution in [0.1, 0.15) is 16.4 Å². The summed E-state index contributed by atoms with van der Waals surface area (Å²) in [6.07, 6.45) is 0. The number of halogens is 1. The van der Waals surface area contributed by atoms with Crippen LogP contribution in [0.25, 0.3) is 0 Å². The van der Waals surface area contributed by atoms with Crippen molar-refractivity contribution in [3.05, 3.63) is 97.9 Å². The zero-order valence-electron chi connectivity index (χ0n) is 21.8. The number of carbonyl (C=O) groups is 3. The number of anilines is 2. The molecule has 6 rings (SSSR count). The second kappa shape index (κ2) is 11.0. The molecule has 4 aromatic rings. The van der Waals surface area contributed by atoms with Crippen LogP contribution in [0.2, 0.25) is 5.02 Å². The van der Waals surface area contributed by atoms with Crippen molar-refractivity contribution in [3.63, 3.8) is 0 Å². The molecule has 1 fully saturated rings. The van der Waals surface area contributed by atoms with Gasteiger partial charge in [0, 0.05) is 21.5 Å². The predicted molar refractivity (Wildman–Crippen MR) is 162 cm³/mol. The summed E-state index contributed by atoms with van der Waals surface area (Å²) in [4.78, 5) is 55.0. The molecule has 0 spiro atoms. The third-order valence-corrected chi connectivity index (χ3v) is 10.9. The molecule has 0 saturated carbocycles. The average Bonchev–Trinajstić information content (AvgIpc) is 3.40. The molecule has 4 N–H and O–H groups in total. The Kier molecular flexibility index (Phi) is 7.42. The Bertz CT molecular complexity index is 1940. The summed E-state index contributed by atoms with van der Waals surface area (Å²) in [5.41, 5.74) is 1.29. The molecule has 0 radical (unpaired) electrons. The van der Waals surface area contributed by atoms with Gasteiger partial charge in [0.05, 0.1) is 21.5 Å². The largest absolute Gasteiger partial charge is 0.508 e. The van der Waals surface area contributed by atoms with Crippen LogP contribution in [0.4, 0.5) is 11.4 Å². The van der Waals surface area contributed by atoms with E-state index in [4.69, 9.17) is 16.7 Å². The van der Waals surface area contributed by atoms with Crippen LogP contribution in [0.3, 0.4) is 0 Å². The van der Waals surface area contributed by atoms with E-state index in [1.54, 1.807) is 36.4 Å². The van der Waals surface area contributed by atoms with Crippen LogP contribution in [0.5, 0.6) is 5.75 Å². The zero-order valence-corrected chi connectivity index (χ0v) is 25.0. The third kappa shape index (κ3) is 5.36. The highest BCUT2D eigenvalue weighted by molar-refractivity contribution is 8.00. The number of nitrogens with two attached hydrogens (primary N) is 1. The molecule has 11 nitrogen and oxygen atoms in total. The highest BCUT2D eigenvalue weighted by Crippen LogP contribution is 2.54. The van der Waals surface area contributed by atoms with Gasteiger partial charge in [-0.15, -0.1) is 0 Å². The van der Waals surface area contributed by atoms with Gasteiger partial charge in [-0.05, 0) is 66.2 Å². The van der Waals surface area contributed by atoms with Crippen molar-refractivity contribution >= 4 is 73.8 Å². The second-order valence-corrected chi connectivity index (χ2v) is 14.0. The van der Waals surface area contributed by atoms with Gasteiger partial charge >= 0.3 is 4.87 Å². The van der Waals surface area contributed by atoms with Crippen LogP contribution in [0, 0.1) is 5.92 Å². The number of hydrogen-bond acceptors (Lipinski definition) is 9. The number of carbonyl (C=O) groups excluding carboxylic acids is 3. The molecular formula is C28H21ClN4O7S3. The van der Waals surface area contributed by atoms with Gasteiger partial charge in [0.15, 0.2) is 0 Å². The Labute approximate surface area is 257 Å². The van der Waals surface area contributed by atoms with E-state index < -0.39 is 56.2 Å². The number of nitrogens with one attached hydrogen (secondary N) is 1. The zero-order chi connectivity index (χ0) is 30.6. The lowest BCUT2D eigenvalue weighted by Gasteiger charge is -2.30. The summed E-state index contributed by atoms with van der Waals surface area (Å²) < 4.78 is 24.3. The fourth-order valence-corrected chi connectivity index (χ4v) is 8.63. The van der Waals surface area contributed by atoms with Gasteiger partial charge in [-0.1, -0.05) is 46.8 Å². The second-order valence-electron chi connectivity index (χ2n) is 9.86. The molecule has 2 aliphatic rings. The number of primary sulfonamides is 1. The summed E-state index contributed by atoms with van der Waals surface area (Å²) in [5, 5.41) is 17.6. The highest BCUT2D eigenvalue weighted by atomic mass is 35.5. The van der Waals surface area contributed by atoms with Crippen molar-refractivity contribution in [3.8, 4) is 5.75 Å². The molecule has 2 aliphatic heterocycles. The van der Waals surface area contributed by atoms with E-state index in [-0.39, 0.29) is 10.6 Å². The van der Waals surface area contributed by atoms with E-state index >= 15 is 0 Å². The minimum atomic E-state index is -3.91. The van der Waals surface area contributed by atoms with Crippen molar-refractivity contribution in [2.45, 2.75) is 27.6 Å². The van der Waals surface area contributed by atoms with E-state index in [2.05, 4.69) is 5.32 Å². The number of thiazole rings is 1. The standard InChI is InChI=1S/C28H21ClN4O7S3/c29-15-3-7-17(8-4-15)33-25(36)22-21(14-1-9-18(34)10-2-14)24-27(41-23(22)26(33)37)32(28(38)42-24)13-20(35)31-16-5-11-19(12-6-16)43(30,39)40/h1-12,21-23,34H,13H2,(H,31,35)(H2,30,39,40)/t21-,22+,23-/m0/s1. The van der Waals surface area contributed by atoms with Gasteiger partial charge in [0.2, 0.25) is 27.7 Å². The molecule has 220 valence electrons. The Morgan fingerprint density at radius 3 is 2.23 bits per heavy atom. The number of aromatic hydroxyl groups is 1. The smallest absolute Gasteiger partial charge is 0.308 e. The quantitative estimate of drug-likeness (QED) is 0.266. The first-order chi connectivity index (χ1) is 20.4. The first-order valence-electron chi connectivity index (χ1n) is 12.7. The van der Waals surface area contributed by atoms with Crippen molar-refractivity contribution in [1.29, 1.82) is 0 Å². The van der Waals surface area contributed by atoms with Crippen LogP contribution < -0.4 is 20.2 Å². The molecule has 3 heterocycles. The lowest BCUT2D eigenvalue weighted by Crippen LogP contribution is -2.33. The molecule has 15 heteroatoms. The van der Waals surface area contributed by atoms with E-state index in [1.165, 1.54) is 41.0 Å². The number of nitrogens with zero attached hydrogens (tertiary/aromatic N) is 2. The maximum absolute atomic E-state index is 13.9. The predicted octanol–water partition coefficient (Wildman–Crippen LogP) is 3.35. The number of amides is 3. The Morgan fingerprint density at radius 2 is 1.60 bits per heavy atom. The normalized spacial score (nSPS) is 19.7. The van der Waals surface area contributed by atoms with Gasteiger partial charge in [-0.2, -0.15) is 0 Å². The SMILES string of the molecule is NS(=O)(=O)c1ccc(NC(=O)Cn2c3c(sc2=O)[C@@H](c2ccc(O)cc2)[C@H]2C(=O)N(c4ccc(Cl)cc4)C(=O)[C@H]2S3)cc1. The van der Waals surface area contributed by atoms with Gasteiger partial charge in [-0.25, -0.2) is 18.5 Å². The maximum Gasteiger partial charge on any atom is 0.308 e. The van der Waals surface area contributed by atoms with Crippen LogP contribution in [0.15, 0.2) is 87.5 Å². The summed E-state index contributed by atoms with van der Waals surface area (Å²) >= 11 is 7.98. The van der Waals surface area contributed by atoms with E-state index in [0.29, 0.717) is 31.9 Å². The molecule has 0 aliphatic carbocycles. The summed E-state index contributed by atoms with van der Waals surface area (Å²) in [7, 11) is -3.91. The van der Waals surface area contributed by atoms with Gasteiger partial charge < -0.3 is 10.4 Å². The van der Waals surface area contributed by atoms with Crippen molar-refractivity contribution < 1.29 is 27.9 Å². The van der Waals surface area contributed by atoms with E-state index in [9.17, 15) is 32.7 Å². The van der Waals surface area contributed by atoms with E-state index in [0.717, 1.165) is 28.0 Å². The molecule has 43 heavy (non-hydrogen) atoms. The maximum atomic E-state index is 13.9. The number of aromatic nitrogens is 1. The minimum Gasteiger partial charge on any atom is -0.508 e. The molecule has 3 amide bonds. The number of phenolic OH excluding ortho intramolecular Hbond substituents is 1. The topological polar surface area (TPSA) is 169 Å². The molecule has 3 atom stereocenters. The number of thioether (sulfide) groups is 1. The molecule has 0 bridgehead atoms. The van der Waals surface area contributed by atoms with Crippen molar-refractivity contribution in [2.24, 2.45) is 11.1 Å². The summed E-state index contributed by atoms with van der Waals surface area (Å²) in [6, 6.07) is 17.8. The van der Waals surface area contributed by atoms with Gasteiger partial charge in [0.25, 0.3) is 0 Å². The Balaban J connectivity index is 1.36. The fourth-order valence-electron chi connectivity index (χ4n) is 5.21. The number of fused-ring (bicyclic) bond motifs is 2. The molecule has 3 aromatic carbocycles. The molecule has 0 unspecified atom stereocenters. The summed E-state index contributed by atoms with van der Waals surface area (Å²) in [5.74, 6) is -2.97. The van der Waals surface area contributed by atoms with Crippen molar-refractivity contribution in [2.75, 3.05) is 10.2 Å². The lowest BCUT2D eigenvalue weighted by molar-refractivity contribution is -0.122. The summed E-state index contributed by atoms with van der Waals surface area (Å²) in [6.45, 7) is -0.392. The number of benzene rings is 3. The molecule has 1 aromatic heterocycles. The number of hydrogen-bond donors (Lipinski definition) is 3. The Morgan fingerprint density at radius 1 is 0.953 bits per heavy atom. The molecular weight excluding hydrogens is 636 g/mol. The van der Waals surface area contributed by atoms with Crippen LogP contribution >= 0.6 is 34.7 Å². The van der Waals surface area contributed by atoms with Crippen molar-refractivity contribution in [1.82, 2.24) is 4.57 Å². The number of phenols is 1. The first-order valence-corrected chi connectivity index (χ1v) is 16.3. The fraction of sp³-hybridized carbons (Fsp3) is 0.143. The van der Waals surface area contributed by atoms with Crippen LogP contribution in [-0.2, 0) is 31.0 Å². The third-order valence-electron chi connectivity index (χ3n) is 7.15. The first kappa shape index (κ1) is 29.1.